The largest absolute Gasteiger partial charge is 0.497 e. The van der Waals surface area contributed by atoms with E-state index in [-0.39, 0.29) is 17.4 Å². The van der Waals surface area contributed by atoms with Crippen LogP contribution in [0.2, 0.25) is 0 Å². The second-order valence-electron chi connectivity index (χ2n) is 5.99. The molecule has 0 aliphatic heterocycles. The van der Waals surface area contributed by atoms with Crippen LogP contribution in [0.15, 0.2) is 59.9 Å². The van der Waals surface area contributed by atoms with Crippen LogP contribution in [0.25, 0.3) is 0 Å². The molecule has 0 aliphatic carbocycles. The van der Waals surface area contributed by atoms with Gasteiger partial charge in [-0.2, -0.15) is 4.98 Å². The third kappa shape index (κ3) is 5.39. The predicted octanol–water partition coefficient (Wildman–Crippen LogP) is 3.97. The van der Waals surface area contributed by atoms with Crippen molar-refractivity contribution in [2.75, 3.05) is 25.7 Å². The minimum Gasteiger partial charge on any atom is -0.497 e. The van der Waals surface area contributed by atoms with E-state index >= 15 is 0 Å². The van der Waals surface area contributed by atoms with E-state index in [2.05, 4.69) is 20.6 Å². The first-order chi connectivity index (χ1) is 14.1. The molecule has 1 aromatic heterocycles. The zero-order valence-electron chi connectivity index (χ0n) is 16.4. The number of aromatic nitrogens is 2. The van der Waals surface area contributed by atoms with Gasteiger partial charge in [0.25, 0.3) is 5.91 Å². The number of rotatable bonds is 8. The molecule has 0 atom stereocenters. The Morgan fingerprint density at radius 2 is 1.93 bits per heavy atom. The number of anilines is 1. The second kappa shape index (κ2) is 9.79. The summed E-state index contributed by atoms with van der Waals surface area (Å²) in [6, 6.07) is 14.9. The highest BCUT2D eigenvalue weighted by atomic mass is 32.2. The minimum atomic E-state index is -0.312. The van der Waals surface area contributed by atoms with Crippen molar-refractivity contribution in [3.8, 4) is 17.4 Å². The molecule has 0 fully saturated rings. The Hall–Kier alpha value is -3.26. The Labute approximate surface area is 173 Å². The molecule has 0 unspecified atom stereocenters. The maximum Gasteiger partial charge on any atom is 0.258 e. The van der Waals surface area contributed by atoms with E-state index in [9.17, 15) is 4.79 Å². The van der Waals surface area contributed by atoms with Crippen LogP contribution in [0.1, 0.15) is 15.9 Å². The topological polar surface area (TPSA) is 85.4 Å². The van der Waals surface area contributed by atoms with E-state index in [0.29, 0.717) is 17.5 Å². The van der Waals surface area contributed by atoms with Gasteiger partial charge in [0.1, 0.15) is 17.1 Å². The number of hydrogen-bond donors (Lipinski definition) is 2. The summed E-state index contributed by atoms with van der Waals surface area (Å²) in [6.07, 6.45) is 3.35. The van der Waals surface area contributed by atoms with Gasteiger partial charge in [-0.1, -0.05) is 30.0 Å². The number of nitrogens with zero attached hydrogens (tertiary/aromatic N) is 2. The van der Waals surface area contributed by atoms with E-state index in [1.165, 1.54) is 18.0 Å². The summed E-state index contributed by atoms with van der Waals surface area (Å²) in [7, 11) is 3.44. The second-order valence-corrected chi connectivity index (χ2v) is 6.76. The smallest absolute Gasteiger partial charge is 0.258 e. The molecular formula is C21H22N4O3S. The first-order valence-electron chi connectivity index (χ1n) is 8.90. The summed E-state index contributed by atoms with van der Waals surface area (Å²) < 4.78 is 11.1. The number of hydrogen-bond acceptors (Lipinski definition) is 7. The van der Waals surface area contributed by atoms with E-state index in [1.807, 2.05) is 55.8 Å². The zero-order valence-corrected chi connectivity index (χ0v) is 17.2. The summed E-state index contributed by atoms with van der Waals surface area (Å²) in [6.45, 7) is 0.363. The fourth-order valence-electron chi connectivity index (χ4n) is 2.53. The normalized spacial score (nSPS) is 10.3. The molecule has 8 heteroatoms. The van der Waals surface area contributed by atoms with Gasteiger partial charge >= 0.3 is 0 Å². The van der Waals surface area contributed by atoms with Gasteiger partial charge in [0.15, 0.2) is 5.16 Å². The fourth-order valence-corrected chi connectivity index (χ4v) is 2.86. The zero-order chi connectivity index (χ0) is 20.6. The summed E-state index contributed by atoms with van der Waals surface area (Å²) in [5.41, 5.74) is 2.11. The van der Waals surface area contributed by atoms with Gasteiger partial charge < -0.3 is 20.1 Å². The van der Waals surface area contributed by atoms with Crippen LogP contribution in [-0.4, -0.2) is 36.3 Å². The van der Waals surface area contributed by atoms with Crippen molar-refractivity contribution in [3.05, 3.63) is 65.9 Å². The van der Waals surface area contributed by atoms with Crippen LogP contribution >= 0.6 is 11.8 Å². The molecule has 1 heterocycles. The number of thioether (sulfide) groups is 1. The summed E-state index contributed by atoms with van der Waals surface area (Å²) in [5, 5.41) is 6.46. The molecule has 0 saturated heterocycles. The van der Waals surface area contributed by atoms with E-state index in [0.717, 1.165) is 17.0 Å². The van der Waals surface area contributed by atoms with Crippen LogP contribution in [0, 0.1) is 0 Å². The first kappa shape index (κ1) is 20.5. The Balaban J connectivity index is 1.78. The lowest BCUT2D eigenvalue weighted by Crippen LogP contribution is -2.24. The number of carbonyl (C=O) groups excluding carboxylic acids is 1. The number of nitrogens with one attached hydrogen (secondary N) is 2. The van der Waals surface area contributed by atoms with Gasteiger partial charge in [-0.25, -0.2) is 4.98 Å². The fraction of sp³-hybridized carbons (Fsp3) is 0.190. The van der Waals surface area contributed by atoms with Crippen molar-refractivity contribution in [1.82, 2.24) is 15.3 Å². The summed E-state index contributed by atoms with van der Waals surface area (Å²) in [5.74, 6) is 1.24. The van der Waals surface area contributed by atoms with Crippen molar-refractivity contribution < 1.29 is 14.3 Å². The molecule has 2 aromatic carbocycles. The average molecular weight is 410 g/mol. The van der Waals surface area contributed by atoms with Gasteiger partial charge in [0, 0.05) is 31.5 Å². The summed E-state index contributed by atoms with van der Waals surface area (Å²) in [4.78, 5) is 21.3. The van der Waals surface area contributed by atoms with Crippen LogP contribution in [0.4, 0.5) is 5.69 Å². The molecule has 29 heavy (non-hydrogen) atoms. The molecule has 0 spiro atoms. The molecule has 0 bridgehead atoms. The highest BCUT2D eigenvalue weighted by Gasteiger charge is 2.17. The lowest BCUT2D eigenvalue weighted by molar-refractivity contribution is 0.0947. The third-order valence-electron chi connectivity index (χ3n) is 4.11. The van der Waals surface area contributed by atoms with Crippen LogP contribution in [-0.2, 0) is 6.54 Å². The van der Waals surface area contributed by atoms with E-state index < -0.39 is 0 Å². The van der Waals surface area contributed by atoms with E-state index in [4.69, 9.17) is 9.47 Å². The maximum atomic E-state index is 12.8. The molecular weight excluding hydrogens is 388 g/mol. The first-order valence-corrected chi connectivity index (χ1v) is 10.1. The number of ether oxygens (including phenoxy) is 2. The molecule has 7 nitrogen and oxygen atoms in total. The van der Waals surface area contributed by atoms with Gasteiger partial charge in [0.2, 0.25) is 5.88 Å². The Kier molecular flexibility index (Phi) is 6.91. The lowest BCUT2D eigenvalue weighted by atomic mass is 10.2. The molecule has 3 rings (SSSR count). The number of methoxy groups -OCH3 is 1. The average Bonchev–Trinajstić information content (AvgIpc) is 2.77. The van der Waals surface area contributed by atoms with Gasteiger partial charge in [-0.15, -0.1) is 0 Å². The monoisotopic (exact) mass is 410 g/mol. The lowest BCUT2D eigenvalue weighted by Gasteiger charge is -2.12. The molecule has 3 aromatic rings. The van der Waals surface area contributed by atoms with Crippen LogP contribution < -0.4 is 20.1 Å². The minimum absolute atomic E-state index is 0.213. The van der Waals surface area contributed by atoms with Crippen molar-refractivity contribution in [3.63, 3.8) is 0 Å². The van der Waals surface area contributed by atoms with Gasteiger partial charge in [-0.3, -0.25) is 4.79 Å². The molecule has 0 radical (unpaired) electrons. The predicted molar refractivity (Wildman–Crippen MR) is 114 cm³/mol. The van der Waals surface area contributed by atoms with Crippen LogP contribution in [0.3, 0.4) is 0 Å². The Morgan fingerprint density at radius 1 is 1.14 bits per heavy atom. The summed E-state index contributed by atoms with van der Waals surface area (Å²) >= 11 is 1.38. The highest BCUT2D eigenvalue weighted by Crippen LogP contribution is 2.27. The van der Waals surface area contributed by atoms with Gasteiger partial charge in [-0.05, 0) is 36.1 Å². The molecule has 150 valence electrons. The third-order valence-corrected chi connectivity index (χ3v) is 4.67. The highest BCUT2D eigenvalue weighted by molar-refractivity contribution is 7.98. The van der Waals surface area contributed by atoms with E-state index in [1.54, 1.807) is 13.2 Å². The van der Waals surface area contributed by atoms with Crippen LogP contribution in [0.5, 0.6) is 17.4 Å². The number of carbonyl (C=O) groups is 1. The molecule has 1 amide bonds. The maximum absolute atomic E-state index is 12.8. The quantitative estimate of drug-likeness (QED) is 0.429. The number of benzene rings is 2. The number of amides is 1. The Bertz CT molecular complexity index is 980. The Morgan fingerprint density at radius 3 is 2.62 bits per heavy atom. The molecule has 2 N–H and O–H groups in total. The van der Waals surface area contributed by atoms with Crippen molar-refractivity contribution in [2.45, 2.75) is 11.7 Å². The van der Waals surface area contributed by atoms with Crippen molar-refractivity contribution in [1.29, 1.82) is 0 Å². The van der Waals surface area contributed by atoms with Gasteiger partial charge in [0.05, 0.1) is 7.11 Å². The van der Waals surface area contributed by atoms with Crippen molar-refractivity contribution >= 4 is 23.4 Å². The standard InChI is InChI=1S/C21H22N4O3S/c1-22-15-5-4-6-17(11-15)28-20-18(13-24-21(25-20)29-3)19(26)23-12-14-7-9-16(27-2)10-8-14/h4-11,13,22H,12H2,1-3H3,(H,23,26). The molecule has 0 saturated carbocycles. The van der Waals surface area contributed by atoms with Crippen molar-refractivity contribution in [2.24, 2.45) is 0 Å². The molecule has 0 aliphatic rings. The SMILES string of the molecule is CNc1cccc(Oc2nc(SC)ncc2C(=O)NCc2ccc(OC)cc2)c1.